The second-order valence-corrected chi connectivity index (χ2v) is 9.79. The normalized spacial score (nSPS) is 11.1. The third kappa shape index (κ3) is 10.7. The van der Waals surface area contributed by atoms with Gasteiger partial charge in [-0.1, -0.05) is 42.5 Å². The number of rotatable bonds is 9. The molecule has 14 nitrogen and oxygen atoms in total. The van der Waals surface area contributed by atoms with Crippen molar-refractivity contribution >= 4 is 47.5 Å². The molecule has 1 atom stereocenters. The molecule has 1 amide bonds. The van der Waals surface area contributed by atoms with E-state index < -0.39 is 50.8 Å². The van der Waals surface area contributed by atoms with Crippen molar-refractivity contribution in [2.24, 2.45) is 5.73 Å². The Morgan fingerprint density at radius 3 is 2.00 bits per heavy atom. The number of anilines is 1. The van der Waals surface area contributed by atoms with E-state index in [0.29, 0.717) is 12.6 Å². The number of carbonyl (C=O) groups is 3. The maximum absolute atomic E-state index is 12.1. The molecule has 0 radical (unpaired) electrons. The van der Waals surface area contributed by atoms with Crippen molar-refractivity contribution in [2.75, 3.05) is 5.32 Å². The van der Waals surface area contributed by atoms with Gasteiger partial charge in [-0.25, -0.2) is 4.79 Å². The van der Waals surface area contributed by atoms with Gasteiger partial charge in [-0.3, -0.25) is 35.1 Å². The summed E-state index contributed by atoms with van der Waals surface area (Å²) in [6.45, 7) is 5.35. The fourth-order valence-electron chi connectivity index (χ4n) is 3.85. The largest absolute Gasteiger partial charge is 0.481 e. The lowest BCUT2D eigenvalue weighted by atomic mass is 9.88. The first kappa shape index (κ1) is 35.9. The fourth-order valence-corrected chi connectivity index (χ4v) is 3.85. The molecule has 0 spiro atoms. The van der Waals surface area contributed by atoms with Crippen LogP contribution in [0.5, 0.6) is 0 Å². The monoisotopic (exact) mass is 618 g/mol. The highest BCUT2D eigenvalue weighted by Crippen LogP contribution is 2.37. The summed E-state index contributed by atoms with van der Waals surface area (Å²) in [5.41, 5.74) is 4.92. The number of para-hydroxylation sites is 1. The second-order valence-electron chi connectivity index (χ2n) is 9.79. The molecule has 0 aromatic heterocycles. The van der Waals surface area contributed by atoms with Crippen LogP contribution in [0, 0.1) is 20.2 Å². The first-order chi connectivity index (χ1) is 19.6. The minimum Gasteiger partial charge on any atom is -0.481 e. The van der Waals surface area contributed by atoms with Gasteiger partial charge < -0.3 is 20.7 Å². The first-order valence-electron chi connectivity index (χ1n) is 12.4. The van der Waals surface area contributed by atoms with Gasteiger partial charge in [-0.2, -0.15) is 0 Å². The van der Waals surface area contributed by atoms with Crippen molar-refractivity contribution in [2.45, 2.75) is 45.3 Å². The van der Waals surface area contributed by atoms with Gasteiger partial charge in [0.2, 0.25) is 0 Å². The Bertz CT molecular complexity index is 1490. The average Bonchev–Trinajstić information content (AvgIpc) is 2.89. The number of nitrogens with two attached hydrogens (primary N) is 1. The summed E-state index contributed by atoms with van der Waals surface area (Å²) < 4.78 is 5.17. The number of hydrogen-bond acceptors (Lipinski definition) is 9. The molecular formula is C28H31ClN4O10. The van der Waals surface area contributed by atoms with Gasteiger partial charge >= 0.3 is 18.0 Å². The molecule has 0 saturated heterocycles. The van der Waals surface area contributed by atoms with Crippen LogP contribution in [0.3, 0.4) is 0 Å². The van der Waals surface area contributed by atoms with E-state index in [4.69, 9.17) is 15.6 Å². The molecule has 0 bridgehead atoms. The molecule has 5 N–H and O–H groups in total. The molecule has 1 unspecified atom stereocenters. The van der Waals surface area contributed by atoms with E-state index in [1.807, 2.05) is 18.2 Å². The zero-order valence-electron chi connectivity index (χ0n) is 23.4. The lowest BCUT2D eigenvalue weighted by molar-refractivity contribution is -0.394. The summed E-state index contributed by atoms with van der Waals surface area (Å²) in [5.74, 6) is -3.83. The van der Waals surface area contributed by atoms with Crippen molar-refractivity contribution < 1.29 is 39.2 Å². The fraction of sp³-hybridized carbons (Fsp3) is 0.250. The maximum atomic E-state index is 12.1. The number of hydrogen-bond donors (Lipinski definition) is 4. The van der Waals surface area contributed by atoms with Crippen molar-refractivity contribution in [1.29, 1.82) is 0 Å². The number of carboxylic acid groups (broad SMARTS) is 2. The van der Waals surface area contributed by atoms with E-state index in [-0.39, 0.29) is 35.6 Å². The Morgan fingerprint density at radius 1 is 0.907 bits per heavy atom. The smallest absolute Gasteiger partial charge is 0.412 e. The van der Waals surface area contributed by atoms with Gasteiger partial charge in [0.25, 0.3) is 11.4 Å². The summed E-state index contributed by atoms with van der Waals surface area (Å²) in [5, 5.41) is 43.2. The molecule has 3 aromatic carbocycles. The van der Waals surface area contributed by atoms with Crippen LogP contribution in [0.1, 0.15) is 48.9 Å². The molecule has 3 aromatic rings. The minimum absolute atomic E-state index is 0. The second kappa shape index (κ2) is 15.8. The molecule has 0 aliphatic heterocycles. The molecule has 0 aliphatic rings. The van der Waals surface area contributed by atoms with Crippen LogP contribution >= 0.6 is 12.4 Å². The number of benzene rings is 3. The number of halogens is 1. The summed E-state index contributed by atoms with van der Waals surface area (Å²) in [4.78, 5) is 55.3. The highest BCUT2D eigenvalue weighted by molar-refractivity contribution is 5.90. The average molecular weight is 619 g/mol. The predicted octanol–water partition coefficient (Wildman–Crippen LogP) is 5.26. The number of non-ortho nitro benzene ring substituents is 1. The molecule has 43 heavy (non-hydrogen) atoms. The molecular weight excluding hydrogens is 588 g/mol. The third-order valence-corrected chi connectivity index (χ3v) is 5.57. The highest BCUT2D eigenvalue weighted by atomic mass is 35.5. The summed E-state index contributed by atoms with van der Waals surface area (Å²) in [6.07, 6.45) is -0.787. The Morgan fingerprint density at radius 2 is 1.49 bits per heavy atom. The first-order valence-corrected chi connectivity index (χ1v) is 12.4. The topological polar surface area (TPSA) is 225 Å². The van der Waals surface area contributed by atoms with Gasteiger partial charge in [0.05, 0.1) is 22.3 Å². The van der Waals surface area contributed by atoms with Crippen molar-refractivity contribution in [3.63, 3.8) is 0 Å². The number of nitrogens with one attached hydrogen (secondary N) is 1. The maximum Gasteiger partial charge on any atom is 0.412 e. The van der Waals surface area contributed by atoms with Gasteiger partial charge in [-0.15, -0.1) is 12.4 Å². The molecule has 3 rings (SSSR count). The lowest BCUT2D eigenvalue weighted by Crippen LogP contribution is -2.28. The number of ether oxygens (including phenoxy) is 1. The van der Waals surface area contributed by atoms with Crippen LogP contribution in [-0.4, -0.2) is 43.7 Å². The van der Waals surface area contributed by atoms with E-state index in [2.05, 4.69) is 5.32 Å². The molecule has 0 fully saturated rings. The number of amides is 1. The molecule has 230 valence electrons. The summed E-state index contributed by atoms with van der Waals surface area (Å²) in [7, 11) is 0. The molecule has 0 heterocycles. The van der Waals surface area contributed by atoms with Crippen LogP contribution in [0.25, 0.3) is 0 Å². The molecule has 0 aliphatic carbocycles. The van der Waals surface area contributed by atoms with Crippen LogP contribution in [0.15, 0.2) is 66.7 Å². The number of nitro benzene ring substituents is 2. The van der Waals surface area contributed by atoms with E-state index >= 15 is 0 Å². The predicted molar refractivity (Wildman–Crippen MR) is 158 cm³/mol. The summed E-state index contributed by atoms with van der Waals surface area (Å²) >= 11 is 0. The summed E-state index contributed by atoms with van der Waals surface area (Å²) in [6, 6.07) is 15.9. The van der Waals surface area contributed by atoms with E-state index in [1.54, 1.807) is 32.9 Å². The van der Waals surface area contributed by atoms with Gasteiger partial charge in [0.15, 0.2) is 0 Å². The van der Waals surface area contributed by atoms with E-state index in [1.165, 1.54) is 18.2 Å². The van der Waals surface area contributed by atoms with Gasteiger partial charge in [-0.05, 0) is 49.6 Å². The highest BCUT2D eigenvalue weighted by Gasteiger charge is 2.33. The Hall–Kier alpha value is -5.08. The van der Waals surface area contributed by atoms with Crippen molar-refractivity contribution in [3.05, 3.63) is 109 Å². The zero-order chi connectivity index (χ0) is 31.6. The zero-order valence-corrected chi connectivity index (χ0v) is 24.2. The Kier molecular flexibility index (Phi) is 13.2. The van der Waals surface area contributed by atoms with Crippen LogP contribution in [-0.2, 0) is 27.3 Å². The minimum atomic E-state index is -1.57. The van der Waals surface area contributed by atoms with E-state index in [9.17, 15) is 39.7 Å². The van der Waals surface area contributed by atoms with Gasteiger partial charge in [0, 0.05) is 23.9 Å². The van der Waals surface area contributed by atoms with Crippen LogP contribution in [0.4, 0.5) is 21.9 Å². The Balaban J connectivity index is 0.000000596. The lowest BCUT2D eigenvalue weighted by Gasteiger charge is -2.22. The molecule has 15 heteroatoms. The van der Waals surface area contributed by atoms with Crippen molar-refractivity contribution in [1.82, 2.24) is 0 Å². The van der Waals surface area contributed by atoms with Crippen LogP contribution < -0.4 is 11.1 Å². The number of nitrogens with zero attached hydrogens (tertiary/aromatic N) is 2. The standard InChI is InChI=1S/C19H19N3O8.C9H11NO2.ClH/c1-19(2,3)30-18(25)20-14-7-5-4-6-12(14)16(17(23)24)13-9-8-11(21(26)27)10-15(13)22(28)29;10-6-8-4-2-1-3-7(8)5-9(11)12;/h4-10,16H,1-3H3,(H,20,25)(H,23,24);1-4H,5-6,10H2,(H,11,12);1H. The number of carboxylic acids is 2. The third-order valence-electron chi connectivity index (χ3n) is 5.57. The Labute approximate surface area is 252 Å². The number of nitro groups is 2. The number of aliphatic carboxylic acids is 2. The van der Waals surface area contributed by atoms with E-state index in [0.717, 1.165) is 23.3 Å². The quantitative estimate of drug-likeness (QED) is 0.178. The SMILES string of the molecule is CC(C)(C)OC(=O)Nc1ccccc1C(C(=O)O)c1ccc([N+](=O)[O-])cc1[N+](=O)[O-].Cl.NCc1ccccc1CC(=O)O. The van der Waals surface area contributed by atoms with Gasteiger partial charge in [0.1, 0.15) is 11.5 Å². The van der Waals surface area contributed by atoms with Crippen LogP contribution in [0.2, 0.25) is 0 Å². The van der Waals surface area contributed by atoms with Crippen molar-refractivity contribution in [3.8, 4) is 0 Å². The molecule has 0 saturated carbocycles. The number of carbonyl (C=O) groups excluding carboxylic acids is 1.